The Balaban J connectivity index is 1.85. The Morgan fingerprint density at radius 1 is 1.40 bits per heavy atom. The van der Waals surface area contributed by atoms with Crippen LogP contribution >= 0.6 is 11.8 Å². The van der Waals surface area contributed by atoms with Crippen LogP contribution in [-0.2, 0) is 6.54 Å². The van der Waals surface area contributed by atoms with Crippen LogP contribution in [0.4, 0.5) is 0 Å². The Labute approximate surface area is 120 Å². The number of amides is 1. The molecule has 104 valence electrons. The average molecular weight is 290 g/mol. The van der Waals surface area contributed by atoms with E-state index in [1.54, 1.807) is 23.6 Å². The highest BCUT2D eigenvalue weighted by molar-refractivity contribution is 7.99. The lowest BCUT2D eigenvalue weighted by Crippen LogP contribution is -2.24. The third-order valence-electron chi connectivity index (χ3n) is 3.02. The highest BCUT2D eigenvalue weighted by Crippen LogP contribution is 2.24. The number of hydrogen-bond donors (Lipinski definition) is 1. The van der Waals surface area contributed by atoms with Crippen molar-refractivity contribution in [2.24, 2.45) is 0 Å². The minimum absolute atomic E-state index is 0.147. The van der Waals surface area contributed by atoms with E-state index in [1.165, 1.54) is 0 Å². The topological polar surface area (TPSA) is 69.0 Å². The molecule has 0 fully saturated rings. The van der Waals surface area contributed by atoms with Crippen molar-refractivity contribution in [3.05, 3.63) is 35.5 Å². The van der Waals surface area contributed by atoms with Crippen molar-refractivity contribution >= 4 is 17.7 Å². The highest BCUT2D eigenvalue weighted by Gasteiger charge is 2.22. The Kier molecular flexibility index (Phi) is 3.60. The van der Waals surface area contributed by atoms with E-state index in [1.807, 2.05) is 24.3 Å². The van der Waals surface area contributed by atoms with E-state index >= 15 is 0 Å². The third kappa shape index (κ3) is 2.49. The quantitative estimate of drug-likeness (QED) is 0.919. The van der Waals surface area contributed by atoms with Crippen LogP contribution in [0, 0.1) is 0 Å². The summed E-state index contributed by atoms with van der Waals surface area (Å²) in [6, 6.07) is 7.78. The standard InChI is InChI=1S/C13H14N4O2S/c1-19-10-4-2-9(3-5-10)8-17-13-11(15-16-17)12(18)14-6-7-20-13/h2-5H,6-8H2,1H3,(H,14,18). The zero-order valence-corrected chi connectivity index (χ0v) is 11.8. The summed E-state index contributed by atoms with van der Waals surface area (Å²) < 4.78 is 6.90. The molecule has 1 aliphatic rings. The highest BCUT2D eigenvalue weighted by atomic mass is 32.2. The van der Waals surface area contributed by atoms with Crippen molar-refractivity contribution in [1.82, 2.24) is 20.3 Å². The molecule has 2 aromatic rings. The average Bonchev–Trinajstić information content (AvgIpc) is 2.77. The first-order valence-electron chi connectivity index (χ1n) is 6.25. The first kappa shape index (κ1) is 13.0. The van der Waals surface area contributed by atoms with Crippen molar-refractivity contribution in [2.75, 3.05) is 19.4 Å². The first-order chi connectivity index (χ1) is 9.78. The summed E-state index contributed by atoms with van der Waals surface area (Å²) in [7, 11) is 1.64. The summed E-state index contributed by atoms with van der Waals surface area (Å²) in [5, 5.41) is 11.7. The Hall–Kier alpha value is -2.02. The van der Waals surface area contributed by atoms with E-state index < -0.39 is 0 Å². The smallest absolute Gasteiger partial charge is 0.274 e. The molecule has 0 saturated heterocycles. The molecule has 1 N–H and O–H groups in total. The first-order valence-corrected chi connectivity index (χ1v) is 7.24. The number of benzene rings is 1. The number of carbonyl (C=O) groups excluding carboxylic acids is 1. The molecule has 0 unspecified atom stereocenters. The van der Waals surface area contributed by atoms with Crippen LogP contribution in [0.5, 0.6) is 5.75 Å². The number of carbonyl (C=O) groups is 1. The largest absolute Gasteiger partial charge is 0.497 e. The second kappa shape index (κ2) is 5.54. The normalized spacial score (nSPS) is 14.3. The van der Waals surface area contributed by atoms with Gasteiger partial charge in [0.25, 0.3) is 5.91 Å². The van der Waals surface area contributed by atoms with E-state index in [4.69, 9.17) is 4.74 Å². The van der Waals surface area contributed by atoms with Crippen molar-refractivity contribution in [3.8, 4) is 5.75 Å². The molecule has 1 aliphatic heterocycles. The van der Waals surface area contributed by atoms with E-state index in [2.05, 4.69) is 15.6 Å². The van der Waals surface area contributed by atoms with Crippen LogP contribution in [0.3, 0.4) is 0 Å². The predicted molar refractivity (Wildman–Crippen MR) is 75.2 cm³/mol. The van der Waals surface area contributed by atoms with Gasteiger partial charge in [-0.15, -0.1) is 16.9 Å². The third-order valence-corrected chi connectivity index (χ3v) is 4.11. The second-order valence-corrected chi connectivity index (χ2v) is 5.44. The number of thioether (sulfide) groups is 1. The second-order valence-electron chi connectivity index (χ2n) is 4.35. The molecule has 0 bridgehead atoms. The molecule has 0 aliphatic carbocycles. The molecule has 2 heterocycles. The SMILES string of the molecule is COc1ccc(Cn2nnc3c2SCCNC3=O)cc1. The van der Waals surface area contributed by atoms with Gasteiger partial charge in [-0.2, -0.15) is 0 Å². The minimum atomic E-state index is -0.147. The summed E-state index contributed by atoms with van der Waals surface area (Å²) in [5.74, 6) is 1.50. The number of hydrogen-bond acceptors (Lipinski definition) is 5. The molecule has 0 atom stereocenters. The fourth-order valence-electron chi connectivity index (χ4n) is 1.99. The van der Waals surface area contributed by atoms with Gasteiger partial charge in [0.15, 0.2) is 5.69 Å². The van der Waals surface area contributed by atoms with Gasteiger partial charge in [0.05, 0.1) is 13.7 Å². The molecule has 0 saturated carbocycles. The number of nitrogens with zero attached hydrogens (tertiary/aromatic N) is 3. The van der Waals surface area contributed by atoms with Gasteiger partial charge in [-0.25, -0.2) is 4.68 Å². The molecule has 1 amide bonds. The van der Waals surface area contributed by atoms with Crippen LogP contribution in [0.15, 0.2) is 29.3 Å². The van der Waals surface area contributed by atoms with Gasteiger partial charge in [0, 0.05) is 12.3 Å². The van der Waals surface area contributed by atoms with Crippen molar-refractivity contribution in [2.45, 2.75) is 11.6 Å². The van der Waals surface area contributed by atoms with Crippen LogP contribution in [0.2, 0.25) is 0 Å². The van der Waals surface area contributed by atoms with Crippen LogP contribution in [0.1, 0.15) is 16.1 Å². The molecule has 7 heteroatoms. The molecule has 20 heavy (non-hydrogen) atoms. The van der Waals surface area contributed by atoms with E-state index in [0.29, 0.717) is 18.8 Å². The number of ether oxygens (including phenoxy) is 1. The van der Waals surface area contributed by atoms with Crippen LogP contribution in [-0.4, -0.2) is 40.3 Å². The van der Waals surface area contributed by atoms with Crippen molar-refractivity contribution in [3.63, 3.8) is 0 Å². The summed E-state index contributed by atoms with van der Waals surface area (Å²) in [5.41, 5.74) is 1.50. The Morgan fingerprint density at radius 2 is 2.20 bits per heavy atom. The lowest BCUT2D eigenvalue weighted by molar-refractivity contribution is 0.0949. The van der Waals surface area contributed by atoms with Crippen molar-refractivity contribution in [1.29, 1.82) is 0 Å². The maximum Gasteiger partial charge on any atom is 0.274 e. The number of aromatic nitrogens is 3. The van der Waals surface area contributed by atoms with Gasteiger partial charge >= 0.3 is 0 Å². The molecule has 1 aromatic carbocycles. The monoisotopic (exact) mass is 290 g/mol. The number of fused-ring (bicyclic) bond motifs is 1. The molecular formula is C13H14N4O2S. The lowest BCUT2D eigenvalue weighted by atomic mass is 10.2. The molecule has 3 rings (SSSR count). The Morgan fingerprint density at radius 3 is 2.95 bits per heavy atom. The van der Waals surface area contributed by atoms with Gasteiger partial charge in [-0.05, 0) is 17.7 Å². The Bertz CT molecular complexity index is 624. The molecule has 1 aromatic heterocycles. The predicted octanol–water partition coefficient (Wildman–Crippen LogP) is 1.17. The molecule has 6 nitrogen and oxygen atoms in total. The fraction of sp³-hybridized carbons (Fsp3) is 0.308. The van der Waals surface area contributed by atoms with Crippen LogP contribution in [0.25, 0.3) is 0 Å². The number of methoxy groups -OCH3 is 1. The number of nitrogens with one attached hydrogen (secondary N) is 1. The van der Waals surface area contributed by atoms with Gasteiger partial charge in [-0.3, -0.25) is 4.79 Å². The summed E-state index contributed by atoms with van der Waals surface area (Å²) >= 11 is 1.60. The van der Waals surface area contributed by atoms with Gasteiger partial charge in [0.2, 0.25) is 0 Å². The summed E-state index contributed by atoms with van der Waals surface area (Å²) in [6.45, 7) is 1.25. The van der Waals surface area contributed by atoms with E-state index in [-0.39, 0.29) is 5.91 Å². The number of rotatable bonds is 3. The van der Waals surface area contributed by atoms with Crippen molar-refractivity contribution < 1.29 is 9.53 Å². The molecule has 0 radical (unpaired) electrons. The summed E-state index contributed by atoms with van der Waals surface area (Å²) in [6.07, 6.45) is 0. The zero-order chi connectivity index (χ0) is 13.9. The minimum Gasteiger partial charge on any atom is -0.497 e. The zero-order valence-electron chi connectivity index (χ0n) is 11.0. The fourth-order valence-corrected chi connectivity index (χ4v) is 2.91. The van der Waals surface area contributed by atoms with E-state index in [9.17, 15) is 4.79 Å². The lowest BCUT2D eigenvalue weighted by Gasteiger charge is -2.06. The van der Waals surface area contributed by atoms with E-state index in [0.717, 1.165) is 22.1 Å². The summed E-state index contributed by atoms with van der Waals surface area (Å²) in [4.78, 5) is 11.8. The van der Waals surface area contributed by atoms with Crippen LogP contribution < -0.4 is 10.1 Å². The van der Waals surface area contributed by atoms with Gasteiger partial charge in [-0.1, -0.05) is 17.3 Å². The van der Waals surface area contributed by atoms with Gasteiger partial charge in [0.1, 0.15) is 10.8 Å². The maximum atomic E-state index is 11.8. The molecule has 0 spiro atoms. The molecular weight excluding hydrogens is 276 g/mol. The van der Waals surface area contributed by atoms with Gasteiger partial charge < -0.3 is 10.1 Å². The maximum absolute atomic E-state index is 11.8.